The lowest BCUT2D eigenvalue weighted by atomic mass is 10.2. The molecule has 1 heterocycles. The zero-order valence-corrected chi connectivity index (χ0v) is 13.6. The van der Waals surface area contributed by atoms with Crippen LogP contribution < -0.4 is 10.2 Å². The molecule has 0 saturated carbocycles. The van der Waals surface area contributed by atoms with Gasteiger partial charge in [0.25, 0.3) is 5.91 Å². The van der Waals surface area contributed by atoms with E-state index in [1.54, 1.807) is 0 Å². The van der Waals surface area contributed by atoms with Crippen molar-refractivity contribution in [2.75, 3.05) is 24.3 Å². The highest BCUT2D eigenvalue weighted by Crippen LogP contribution is 2.20. The van der Waals surface area contributed by atoms with E-state index in [0.29, 0.717) is 11.5 Å². The van der Waals surface area contributed by atoms with Gasteiger partial charge in [0.15, 0.2) is 0 Å². The number of carbonyl (C=O) groups is 1. The first-order valence-electron chi connectivity index (χ1n) is 7.64. The van der Waals surface area contributed by atoms with Crippen molar-refractivity contribution in [2.45, 2.75) is 13.5 Å². The van der Waals surface area contributed by atoms with Crippen LogP contribution in [0, 0.1) is 0 Å². The smallest absolute Gasteiger partial charge is 0.257 e. The number of para-hydroxylation sites is 2. The number of rotatable bonds is 4. The van der Waals surface area contributed by atoms with Crippen molar-refractivity contribution in [3.05, 3.63) is 54.1 Å². The summed E-state index contributed by atoms with van der Waals surface area (Å²) in [6, 6.07) is 15.4. The van der Waals surface area contributed by atoms with Gasteiger partial charge in [-0.3, -0.25) is 10.1 Å². The molecule has 0 aliphatic carbocycles. The number of nitrogens with zero attached hydrogens (tertiary/aromatic N) is 3. The van der Waals surface area contributed by atoms with Crippen LogP contribution in [-0.4, -0.2) is 29.6 Å². The summed E-state index contributed by atoms with van der Waals surface area (Å²) in [7, 11) is 3.94. The molecule has 0 radical (unpaired) electrons. The molecule has 3 aromatic rings. The molecule has 0 fully saturated rings. The highest BCUT2D eigenvalue weighted by molar-refractivity contribution is 6.04. The fourth-order valence-electron chi connectivity index (χ4n) is 2.58. The Balaban J connectivity index is 1.88. The van der Waals surface area contributed by atoms with E-state index in [9.17, 15) is 4.79 Å². The van der Waals surface area contributed by atoms with Crippen LogP contribution in [0.15, 0.2) is 48.5 Å². The number of hydrogen-bond acceptors (Lipinski definition) is 3. The number of nitrogens with one attached hydrogen (secondary N) is 1. The second-order valence-corrected chi connectivity index (χ2v) is 5.56. The van der Waals surface area contributed by atoms with Crippen LogP contribution in [0.25, 0.3) is 11.0 Å². The van der Waals surface area contributed by atoms with Gasteiger partial charge in [-0.1, -0.05) is 12.1 Å². The van der Waals surface area contributed by atoms with E-state index in [0.717, 1.165) is 23.3 Å². The zero-order valence-electron chi connectivity index (χ0n) is 13.6. The van der Waals surface area contributed by atoms with Gasteiger partial charge in [-0.25, -0.2) is 4.98 Å². The van der Waals surface area contributed by atoms with Crippen molar-refractivity contribution < 1.29 is 4.79 Å². The van der Waals surface area contributed by atoms with Crippen LogP contribution >= 0.6 is 0 Å². The van der Waals surface area contributed by atoms with Gasteiger partial charge in [0.2, 0.25) is 5.95 Å². The molecular weight excluding hydrogens is 288 g/mol. The molecule has 0 aliphatic rings. The average Bonchev–Trinajstić information content (AvgIpc) is 2.91. The highest BCUT2D eigenvalue weighted by Gasteiger charge is 2.13. The summed E-state index contributed by atoms with van der Waals surface area (Å²) in [5, 5.41) is 2.92. The van der Waals surface area contributed by atoms with E-state index in [1.165, 1.54) is 0 Å². The van der Waals surface area contributed by atoms with Gasteiger partial charge in [0.05, 0.1) is 11.0 Å². The van der Waals surface area contributed by atoms with Crippen LogP contribution in [0.5, 0.6) is 0 Å². The molecule has 5 heteroatoms. The Bertz CT molecular complexity index is 834. The number of amides is 1. The zero-order chi connectivity index (χ0) is 16.4. The highest BCUT2D eigenvalue weighted by atomic mass is 16.1. The number of hydrogen-bond donors (Lipinski definition) is 1. The summed E-state index contributed by atoms with van der Waals surface area (Å²) in [4.78, 5) is 19.0. The Morgan fingerprint density at radius 3 is 2.48 bits per heavy atom. The minimum atomic E-state index is -0.152. The molecule has 0 aliphatic heterocycles. The monoisotopic (exact) mass is 308 g/mol. The van der Waals surface area contributed by atoms with Crippen molar-refractivity contribution >= 4 is 28.6 Å². The lowest BCUT2D eigenvalue weighted by Gasteiger charge is -2.12. The standard InChI is InChI=1S/C18H20N4O/c1-4-22-16-8-6-5-7-15(16)19-18(22)20-17(23)13-9-11-14(12-10-13)21(2)3/h5-12H,4H2,1-3H3,(H,19,20,23). The lowest BCUT2D eigenvalue weighted by Crippen LogP contribution is -2.16. The van der Waals surface area contributed by atoms with E-state index < -0.39 is 0 Å². The van der Waals surface area contributed by atoms with Crippen LogP contribution in [-0.2, 0) is 6.54 Å². The Labute approximate surface area is 135 Å². The summed E-state index contributed by atoms with van der Waals surface area (Å²) >= 11 is 0. The quantitative estimate of drug-likeness (QED) is 0.804. The number of carbonyl (C=O) groups excluding carboxylic acids is 1. The SMILES string of the molecule is CCn1c(NC(=O)c2ccc(N(C)C)cc2)nc2ccccc21. The van der Waals surface area contributed by atoms with Crippen LogP contribution in [0.1, 0.15) is 17.3 Å². The Morgan fingerprint density at radius 1 is 1.13 bits per heavy atom. The van der Waals surface area contributed by atoms with Gasteiger partial charge >= 0.3 is 0 Å². The molecular formula is C18H20N4O. The molecule has 0 bridgehead atoms. The normalized spacial score (nSPS) is 10.7. The number of imidazole rings is 1. The maximum Gasteiger partial charge on any atom is 0.257 e. The topological polar surface area (TPSA) is 50.2 Å². The number of benzene rings is 2. The van der Waals surface area contributed by atoms with Crippen LogP contribution in [0.2, 0.25) is 0 Å². The predicted octanol–water partition coefficient (Wildman–Crippen LogP) is 3.37. The maximum atomic E-state index is 12.5. The Hall–Kier alpha value is -2.82. The lowest BCUT2D eigenvalue weighted by molar-refractivity contribution is 0.102. The third-order valence-corrected chi connectivity index (χ3v) is 3.84. The predicted molar refractivity (Wildman–Crippen MR) is 94.1 cm³/mol. The first-order valence-corrected chi connectivity index (χ1v) is 7.64. The fourth-order valence-corrected chi connectivity index (χ4v) is 2.58. The largest absolute Gasteiger partial charge is 0.378 e. The third-order valence-electron chi connectivity index (χ3n) is 3.84. The molecule has 2 aromatic carbocycles. The van der Waals surface area contributed by atoms with Gasteiger partial charge in [0.1, 0.15) is 0 Å². The molecule has 0 saturated heterocycles. The molecule has 3 rings (SSSR count). The summed E-state index contributed by atoms with van der Waals surface area (Å²) in [5.41, 5.74) is 3.58. The number of aryl methyl sites for hydroxylation is 1. The van der Waals surface area contributed by atoms with E-state index in [2.05, 4.69) is 10.3 Å². The molecule has 5 nitrogen and oxygen atoms in total. The molecule has 118 valence electrons. The van der Waals surface area contributed by atoms with Gasteiger partial charge in [-0.05, 0) is 43.3 Å². The minimum absolute atomic E-state index is 0.152. The summed E-state index contributed by atoms with van der Waals surface area (Å²) in [6.07, 6.45) is 0. The van der Waals surface area contributed by atoms with Crippen LogP contribution in [0.4, 0.5) is 11.6 Å². The molecule has 23 heavy (non-hydrogen) atoms. The maximum absolute atomic E-state index is 12.5. The third kappa shape index (κ3) is 2.90. The Morgan fingerprint density at radius 2 is 1.83 bits per heavy atom. The van der Waals surface area contributed by atoms with Crippen molar-refractivity contribution in [3.8, 4) is 0 Å². The molecule has 1 amide bonds. The summed E-state index contributed by atoms with van der Waals surface area (Å²) < 4.78 is 2.00. The summed E-state index contributed by atoms with van der Waals surface area (Å²) in [5.74, 6) is 0.427. The van der Waals surface area contributed by atoms with Crippen molar-refractivity contribution in [1.82, 2.24) is 9.55 Å². The first-order chi connectivity index (χ1) is 11.1. The van der Waals surface area contributed by atoms with E-state index in [4.69, 9.17) is 0 Å². The van der Waals surface area contributed by atoms with E-state index in [1.807, 2.05) is 79.0 Å². The van der Waals surface area contributed by atoms with Gasteiger partial charge in [-0.2, -0.15) is 0 Å². The van der Waals surface area contributed by atoms with E-state index >= 15 is 0 Å². The molecule has 0 spiro atoms. The molecule has 1 N–H and O–H groups in total. The number of anilines is 2. The number of aromatic nitrogens is 2. The Kier molecular flexibility index (Phi) is 4.02. The van der Waals surface area contributed by atoms with Gasteiger partial charge in [-0.15, -0.1) is 0 Å². The average molecular weight is 308 g/mol. The van der Waals surface area contributed by atoms with Crippen molar-refractivity contribution in [2.24, 2.45) is 0 Å². The summed E-state index contributed by atoms with van der Waals surface area (Å²) in [6.45, 7) is 2.78. The molecule has 0 atom stereocenters. The van der Waals surface area contributed by atoms with Gasteiger partial charge < -0.3 is 9.47 Å². The second kappa shape index (κ2) is 6.12. The first kappa shape index (κ1) is 15.1. The van der Waals surface area contributed by atoms with Crippen molar-refractivity contribution in [3.63, 3.8) is 0 Å². The second-order valence-electron chi connectivity index (χ2n) is 5.56. The number of fused-ring (bicyclic) bond motifs is 1. The van der Waals surface area contributed by atoms with Crippen LogP contribution in [0.3, 0.4) is 0 Å². The molecule has 0 unspecified atom stereocenters. The minimum Gasteiger partial charge on any atom is -0.378 e. The van der Waals surface area contributed by atoms with Gasteiger partial charge in [0, 0.05) is 31.9 Å². The molecule has 1 aromatic heterocycles. The van der Waals surface area contributed by atoms with E-state index in [-0.39, 0.29) is 5.91 Å². The van der Waals surface area contributed by atoms with Crippen molar-refractivity contribution in [1.29, 1.82) is 0 Å². The fraction of sp³-hybridized carbons (Fsp3) is 0.222.